The number of ether oxygens (including phenoxy) is 2. The number of alkyl halides is 3. The minimum absolute atomic E-state index is 0.129. The molecule has 1 aromatic carbocycles. The highest BCUT2D eigenvalue weighted by Crippen LogP contribution is 2.27. The molecule has 2 aromatic rings. The molecule has 128 valence electrons. The molecule has 0 saturated heterocycles. The Hall–Kier alpha value is -2.84. The summed E-state index contributed by atoms with van der Waals surface area (Å²) in [6.45, 7) is 3.23. The van der Waals surface area contributed by atoms with Gasteiger partial charge in [-0.05, 0) is 26.0 Å². The third-order valence-electron chi connectivity index (χ3n) is 3.03. The highest BCUT2D eigenvalue weighted by molar-refractivity contribution is 6.06. The van der Waals surface area contributed by atoms with Crippen LogP contribution in [0.3, 0.4) is 0 Å². The first kappa shape index (κ1) is 17.5. The molecule has 1 amide bonds. The molecule has 6 nitrogen and oxygen atoms in total. The van der Waals surface area contributed by atoms with E-state index in [4.69, 9.17) is 4.74 Å². The number of anilines is 1. The summed E-state index contributed by atoms with van der Waals surface area (Å²) in [5.74, 6) is -1.36. The number of aromatic nitrogens is 2. The largest absolute Gasteiger partial charge is 0.573 e. The number of halogens is 3. The van der Waals surface area contributed by atoms with Crippen LogP contribution >= 0.6 is 0 Å². The molecule has 0 aliphatic carbocycles. The van der Waals surface area contributed by atoms with Gasteiger partial charge < -0.3 is 14.8 Å². The Morgan fingerprint density at radius 2 is 1.71 bits per heavy atom. The number of hydrogen-bond acceptors (Lipinski definition) is 5. The van der Waals surface area contributed by atoms with Crippen LogP contribution in [0.25, 0.3) is 0 Å². The van der Waals surface area contributed by atoms with Gasteiger partial charge in [0.15, 0.2) is 0 Å². The van der Waals surface area contributed by atoms with Crippen LogP contribution in [0.4, 0.5) is 18.9 Å². The molecule has 0 saturated carbocycles. The van der Waals surface area contributed by atoms with Crippen molar-refractivity contribution in [2.24, 2.45) is 0 Å². The van der Waals surface area contributed by atoms with E-state index in [-0.39, 0.29) is 11.6 Å². The summed E-state index contributed by atoms with van der Waals surface area (Å²) in [6.07, 6.45) is -4.90. The van der Waals surface area contributed by atoms with E-state index in [2.05, 4.69) is 20.0 Å². The number of nitrogens with one attached hydrogen (secondary N) is 1. The number of nitrogens with zero attached hydrogens (tertiary/aromatic N) is 2. The summed E-state index contributed by atoms with van der Waals surface area (Å²) in [7, 11) is 1.40. The molecule has 0 radical (unpaired) electrons. The lowest BCUT2D eigenvalue weighted by molar-refractivity contribution is -0.274. The maximum Gasteiger partial charge on any atom is 0.573 e. The highest BCUT2D eigenvalue weighted by Gasteiger charge is 2.33. The Kier molecular flexibility index (Phi) is 4.91. The van der Waals surface area contributed by atoms with Gasteiger partial charge in [0.25, 0.3) is 5.91 Å². The molecule has 1 N–H and O–H groups in total. The zero-order valence-corrected chi connectivity index (χ0v) is 13.1. The molecular formula is C15H14F3N3O3. The molecule has 0 fully saturated rings. The van der Waals surface area contributed by atoms with E-state index in [0.29, 0.717) is 17.1 Å². The topological polar surface area (TPSA) is 73.3 Å². The maximum atomic E-state index is 12.4. The number of amides is 1. The number of hydrogen-bond donors (Lipinski definition) is 1. The Labute approximate surface area is 135 Å². The Morgan fingerprint density at radius 1 is 1.12 bits per heavy atom. The van der Waals surface area contributed by atoms with Crippen molar-refractivity contribution in [2.75, 3.05) is 12.4 Å². The first-order valence-corrected chi connectivity index (χ1v) is 6.76. The third kappa shape index (κ3) is 4.12. The fraction of sp³-hybridized carbons (Fsp3) is 0.267. The number of benzene rings is 1. The standard InChI is InChI=1S/C15H14F3N3O3/c1-8-12(9(2)20-14(19-8)23-3)21-13(22)10-6-4-5-7-11(10)24-15(16,17)18/h4-7H,1-3H3,(H,21,22). The lowest BCUT2D eigenvalue weighted by atomic mass is 10.1. The summed E-state index contributed by atoms with van der Waals surface area (Å²) < 4.78 is 46.1. The summed E-state index contributed by atoms with van der Waals surface area (Å²) in [6, 6.07) is 5.19. The van der Waals surface area contributed by atoms with Gasteiger partial charge in [-0.1, -0.05) is 12.1 Å². The lowest BCUT2D eigenvalue weighted by Crippen LogP contribution is -2.21. The Bertz CT molecular complexity index is 740. The molecule has 0 atom stereocenters. The van der Waals surface area contributed by atoms with Crippen molar-refractivity contribution in [1.29, 1.82) is 0 Å². The van der Waals surface area contributed by atoms with Crippen LogP contribution in [0.5, 0.6) is 11.8 Å². The van der Waals surface area contributed by atoms with Crippen LogP contribution in [-0.4, -0.2) is 29.3 Å². The molecule has 0 bridgehead atoms. The molecule has 0 aliphatic rings. The third-order valence-corrected chi connectivity index (χ3v) is 3.03. The molecular weight excluding hydrogens is 327 g/mol. The Balaban J connectivity index is 2.32. The van der Waals surface area contributed by atoms with Gasteiger partial charge in [-0.15, -0.1) is 13.2 Å². The van der Waals surface area contributed by atoms with E-state index in [1.54, 1.807) is 13.8 Å². The van der Waals surface area contributed by atoms with Crippen LogP contribution in [0.2, 0.25) is 0 Å². The van der Waals surface area contributed by atoms with E-state index in [0.717, 1.165) is 6.07 Å². The van der Waals surface area contributed by atoms with E-state index in [9.17, 15) is 18.0 Å². The average Bonchev–Trinajstić information content (AvgIpc) is 2.49. The van der Waals surface area contributed by atoms with Gasteiger partial charge in [0, 0.05) is 0 Å². The number of carbonyl (C=O) groups is 1. The van der Waals surface area contributed by atoms with Gasteiger partial charge in [0.2, 0.25) is 0 Å². The summed E-state index contributed by atoms with van der Waals surface area (Å²) in [5.41, 5.74) is 0.871. The predicted molar refractivity (Wildman–Crippen MR) is 79.1 cm³/mol. The summed E-state index contributed by atoms with van der Waals surface area (Å²) in [5, 5.41) is 2.51. The molecule has 0 aliphatic heterocycles. The first-order chi connectivity index (χ1) is 11.2. The van der Waals surface area contributed by atoms with Gasteiger partial charge in [-0.3, -0.25) is 4.79 Å². The predicted octanol–water partition coefficient (Wildman–Crippen LogP) is 3.25. The number of carbonyl (C=O) groups excluding carboxylic acids is 1. The molecule has 9 heteroatoms. The van der Waals surface area contributed by atoms with Crippen LogP contribution in [0.15, 0.2) is 24.3 Å². The average molecular weight is 341 g/mol. The van der Waals surface area contributed by atoms with Crippen molar-refractivity contribution in [1.82, 2.24) is 9.97 Å². The van der Waals surface area contributed by atoms with E-state index < -0.39 is 18.0 Å². The van der Waals surface area contributed by atoms with E-state index in [1.807, 2.05) is 0 Å². The maximum absolute atomic E-state index is 12.4. The fourth-order valence-corrected chi connectivity index (χ4v) is 2.01. The van der Waals surface area contributed by atoms with Crippen LogP contribution in [0.1, 0.15) is 21.7 Å². The zero-order chi connectivity index (χ0) is 17.9. The minimum Gasteiger partial charge on any atom is -0.467 e. The van der Waals surface area contributed by atoms with Crippen molar-refractivity contribution in [3.05, 3.63) is 41.2 Å². The van der Waals surface area contributed by atoms with Gasteiger partial charge in [-0.2, -0.15) is 9.97 Å². The molecule has 0 spiro atoms. The molecule has 24 heavy (non-hydrogen) atoms. The van der Waals surface area contributed by atoms with Crippen molar-refractivity contribution >= 4 is 11.6 Å². The van der Waals surface area contributed by atoms with Crippen molar-refractivity contribution in [2.45, 2.75) is 20.2 Å². The van der Waals surface area contributed by atoms with Gasteiger partial charge in [0.05, 0.1) is 29.7 Å². The minimum atomic E-state index is -4.90. The second-order valence-corrected chi connectivity index (χ2v) is 4.75. The molecule has 0 unspecified atom stereocenters. The van der Waals surface area contributed by atoms with Gasteiger partial charge in [-0.25, -0.2) is 0 Å². The van der Waals surface area contributed by atoms with Gasteiger partial charge >= 0.3 is 12.4 Å². The van der Waals surface area contributed by atoms with Gasteiger partial charge in [0.1, 0.15) is 5.75 Å². The first-order valence-electron chi connectivity index (χ1n) is 6.76. The lowest BCUT2D eigenvalue weighted by Gasteiger charge is -2.15. The molecule has 2 rings (SSSR count). The molecule has 1 heterocycles. The normalized spacial score (nSPS) is 11.1. The van der Waals surface area contributed by atoms with Crippen molar-refractivity contribution in [3.8, 4) is 11.8 Å². The number of methoxy groups -OCH3 is 1. The summed E-state index contributed by atoms with van der Waals surface area (Å²) >= 11 is 0. The molecule has 1 aromatic heterocycles. The fourth-order valence-electron chi connectivity index (χ4n) is 2.01. The summed E-state index contributed by atoms with van der Waals surface area (Å²) in [4.78, 5) is 20.4. The monoisotopic (exact) mass is 341 g/mol. The second-order valence-electron chi connectivity index (χ2n) is 4.75. The Morgan fingerprint density at radius 3 is 2.25 bits per heavy atom. The zero-order valence-electron chi connectivity index (χ0n) is 13.1. The van der Waals surface area contributed by atoms with Crippen LogP contribution in [0, 0.1) is 13.8 Å². The van der Waals surface area contributed by atoms with Crippen molar-refractivity contribution in [3.63, 3.8) is 0 Å². The number of rotatable bonds is 4. The van der Waals surface area contributed by atoms with Crippen molar-refractivity contribution < 1.29 is 27.4 Å². The van der Waals surface area contributed by atoms with E-state index >= 15 is 0 Å². The van der Waals surface area contributed by atoms with Crippen LogP contribution < -0.4 is 14.8 Å². The SMILES string of the molecule is COc1nc(C)c(NC(=O)c2ccccc2OC(F)(F)F)c(C)n1. The number of aryl methyl sites for hydroxylation is 2. The second kappa shape index (κ2) is 6.73. The highest BCUT2D eigenvalue weighted by atomic mass is 19.4. The van der Waals surface area contributed by atoms with Crippen LogP contribution in [-0.2, 0) is 0 Å². The van der Waals surface area contributed by atoms with E-state index in [1.165, 1.54) is 25.3 Å². The smallest absolute Gasteiger partial charge is 0.467 e. The number of para-hydroxylation sites is 1. The quantitative estimate of drug-likeness (QED) is 0.924.